The number of hydrogen-bond donors (Lipinski definition) is 1. The van der Waals surface area contributed by atoms with Crippen molar-refractivity contribution in [1.29, 1.82) is 0 Å². The van der Waals surface area contributed by atoms with Crippen LogP contribution in [0.15, 0.2) is 39.5 Å². The Morgan fingerprint density at radius 1 is 1.28 bits per heavy atom. The number of hydrogen-bond acceptors (Lipinski definition) is 4. The number of aromatic nitrogens is 2. The third-order valence-corrected chi connectivity index (χ3v) is 3.31. The van der Waals surface area contributed by atoms with Crippen molar-refractivity contribution >= 4 is 37.7 Å². The van der Waals surface area contributed by atoms with Crippen molar-refractivity contribution < 1.29 is 4.74 Å². The molecule has 18 heavy (non-hydrogen) atoms. The van der Waals surface area contributed by atoms with E-state index in [1.807, 2.05) is 18.2 Å². The lowest BCUT2D eigenvalue weighted by atomic mass is 10.2. The van der Waals surface area contributed by atoms with E-state index in [9.17, 15) is 0 Å². The van der Waals surface area contributed by atoms with E-state index >= 15 is 0 Å². The average Bonchev–Trinajstić information content (AvgIpc) is 2.38. The highest BCUT2D eigenvalue weighted by molar-refractivity contribution is 9.11. The van der Waals surface area contributed by atoms with Gasteiger partial charge in [0.2, 0.25) is 5.88 Å². The molecule has 0 radical (unpaired) electrons. The lowest BCUT2D eigenvalue weighted by Crippen LogP contribution is -2.02. The number of nitrogens with zero attached hydrogens (tertiary/aromatic N) is 2. The van der Waals surface area contributed by atoms with Crippen LogP contribution in [-0.4, -0.2) is 17.1 Å². The molecule has 0 saturated carbocycles. The number of anilines is 1. The second-order valence-corrected chi connectivity index (χ2v) is 5.31. The summed E-state index contributed by atoms with van der Waals surface area (Å²) in [6.45, 7) is 0.659. The average molecular weight is 373 g/mol. The van der Waals surface area contributed by atoms with Gasteiger partial charge in [-0.15, -0.1) is 0 Å². The fourth-order valence-electron chi connectivity index (χ4n) is 1.40. The molecule has 0 aromatic carbocycles. The Hall–Kier alpha value is -1.14. The van der Waals surface area contributed by atoms with E-state index in [-0.39, 0.29) is 0 Å². The molecule has 6 heteroatoms. The van der Waals surface area contributed by atoms with Gasteiger partial charge in [0, 0.05) is 29.5 Å². The second-order valence-electron chi connectivity index (χ2n) is 3.54. The van der Waals surface area contributed by atoms with Gasteiger partial charge >= 0.3 is 0 Å². The monoisotopic (exact) mass is 371 g/mol. The van der Waals surface area contributed by atoms with E-state index in [1.54, 1.807) is 19.5 Å². The molecule has 2 aromatic rings. The molecule has 4 nitrogen and oxygen atoms in total. The van der Waals surface area contributed by atoms with Crippen molar-refractivity contribution in [1.82, 2.24) is 9.97 Å². The highest BCUT2D eigenvalue weighted by Crippen LogP contribution is 2.24. The molecule has 2 heterocycles. The lowest BCUT2D eigenvalue weighted by Gasteiger charge is -2.08. The minimum Gasteiger partial charge on any atom is -0.481 e. The Labute approximate surface area is 122 Å². The molecule has 0 spiro atoms. The van der Waals surface area contributed by atoms with Gasteiger partial charge < -0.3 is 10.1 Å². The first-order valence-electron chi connectivity index (χ1n) is 5.23. The van der Waals surface area contributed by atoms with Crippen LogP contribution in [0.1, 0.15) is 5.56 Å². The Morgan fingerprint density at radius 3 is 2.83 bits per heavy atom. The molecule has 0 unspecified atom stereocenters. The molecule has 0 aliphatic heterocycles. The van der Waals surface area contributed by atoms with E-state index in [0.29, 0.717) is 12.4 Å². The zero-order chi connectivity index (χ0) is 13.0. The first-order valence-corrected chi connectivity index (χ1v) is 6.81. The first-order chi connectivity index (χ1) is 8.69. The van der Waals surface area contributed by atoms with Crippen molar-refractivity contribution in [3.63, 3.8) is 0 Å². The Balaban J connectivity index is 2.06. The van der Waals surface area contributed by atoms with Crippen LogP contribution in [0.2, 0.25) is 0 Å². The maximum Gasteiger partial charge on any atom is 0.213 e. The highest BCUT2D eigenvalue weighted by atomic mass is 79.9. The summed E-state index contributed by atoms with van der Waals surface area (Å²) in [7, 11) is 1.60. The Bertz CT molecular complexity index is 549. The molecule has 0 aliphatic carbocycles. The maximum atomic E-state index is 5.08. The number of pyridine rings is 2. The lowest BCUT2D eigenvalue weighted by molar-refractivity contribution is 0.397. The van der Waals surface area contributed by atoms with E-state index in [1.165, 1.54) is 0 Å². The van der Waals surface area contributed by atoms with Crippen LogP contribution in [-0.2, 0) is 6.54 Å². The van der Waals surface area contributed by atoms with Crippen LogP contribution in [0.4, 0.5) is 5.82 Å². The number of methoxy groups -OCH3 is 1. The topological polar surface area (TPSA) is 47.0 Å². The van der Waals surface area contributed by atoms with Gasteiger partial charge in [-0.1, -0.05) is 0 Å². The first kappa shape index (κ1) is 13.3. The molecule has 2 aromatic heterocycles. The molecule has 0 saturated heterocycles. The van der Waals surface area contributed by atoms with E-state index in [2.05, 4.69) is 47.1 Å². The summed E-state index contributed by atoms with van der Waals surface area (Å²) in [5.41, 5.74) is 1.08. The molecule has 0 fully saturated rings. The maximum absolute atomic E-state index is 5.08. The predicted octanol–water partition coefficient (Wildman–Crippen LogP) is 3.62. The number of nitrogens with one attached hydrogen (secondary N) is 1. The third-order valence-electron chi connectivity index (χ3n) is 2.28. The summed E-state index contributed by atoms with van der Waals surface area (Å²) in [5.74, 6) is 1.41. The number of halogens is 2. The van der Waals surface area contributed by atoms with Crippen LogP contribution < -0.4 is 10.1 Å². The quantitative estimate of drug-likeness (QED) is 0.890. The van der Waals surface area contributed by atoms with Gasteiger partial charge in [-0.25, -0.2) is 9.97 Å². The highest BCUT2D eigenvalue weighted by Gasteiger charge is 2.02. The summed E-state index contributed by atoms with van der Waals surface area (Å²) < 4.78 is 6.93. The number of rotatable bonds is 4. The minimum atomic E-state index is 0.608. The van der Waals surface area contributed by atoms with E-state index < -0.39 is 0 Å². The molecule has 94 valence electrons. The van der Waals surface area contributed by atoms with Crippen LogP contribution >= 0.6 is 31.9 Å². The summed E-state index contributed by atoms with van der Waals surface area (Å²) in [6, 6.07) is 5.77. The minimum absolute atomic E-state index is 0.608. The standard InChI is InChI=1S/C12H11Br2N3O/c1-18-11-4-8(2-3-15-11)6-16-12-10(14)5-9(13)7-17-12/h2-5,7H,6H2,1H3,(H,16,17). The van der Waals surface area contributed by atoms with Crippen molar-refractivity contribution in [3.8, 4) is 5.88 Å². The molecule has 0 amide bonds. The largest absolute Gasteiger partial charge is 0.481 e. The normalized spacial score (nSPS) is 10.2. The number of ether oxygens (including phenoxy) is 1. The summed E-state index contributed by atoms with van der Waals surface area (Å²) in [6.07, 6.45) is 3.47. The van der Waals surface area contributed by atoms with Gasteiger partial charge in [-0.3, -0.25) is 0 Å². The zero-order valence-corrected chi connectivity index (χ0v) is 12.8. The van der Waals surface area contributed by atoms with Gasteiger partial charge in [-0.2, -0.15) is 0 Å². The van der Waals surface area contributed by atoms with Gasteiger partial charge in [0.25, 0.3) is 0 Å². The van der Waals surface area contributed by atoms with Crippen LogP contribution in [0, 0.1) is 0 Å². The van der Waals surface area contributed by atoms with Crippen LogP contribution in [0.3, 0.4) is 0 Å². The van der Waals surface area contributed by atoms with Crippen molar-refractivity contribution in [2.24, 2.45) is 0 Å². The van der Waals surface area contributed by atoms with Crippen molar-refractivity contribution in [2.75, 3.05) is 12.4 Å². The molecule has 2 rings (SSSR count). The van der Waals surface area contributed by atoms with E-state index in [4.69, 9.17) is 4.74 Å². The third kappa shape index (κ3) is 3.43. The van der Waals surface area contributed by atoms with Gasteiger partial charge in [-0.05, 0) is 49.6 Å². The van der Waals surface area contributed by atoms with Crippen LogP contribution in [0.5, 0.6) is 5.88 Å². The van der Waals surface area contributed by atoms with Crippen molar-refractivity contribution in [3.05, 3.63) is 45.1 Å². The van der Waals surface area contributed by atoms with Crippen molar-refractivity contribution in [2.45, 2.75) is 6.54 Å². The van der Waals surface area contributed by atoms with Crippen LogP contribution in [0.25, 0.3) is 0 Å². The molecule has 0 aliphatic rings. The van der Waals surface area contributed by atoms with E-state index in [0.717, 1.165) is 20.3 Å². The fraction of sp³-hybridized carbons (Fsp3) is 0.167. The molecule has 0 bridgehead atoms. The van der Waals surface area contributed by atoms with Gasteiger partial charge in [0.15, 0.2) is 0 Å². The Morgan fingerprint density at radius 2 is 2.11 bits per heavy atom. The summed E-state index contributed by atoms with van der Waals surface area (Å²) in [5, 5.41) is 3.25. The van der Waals surface area contributed by atoms with Gasteiger partial charge in [0.1, 0.15) is 5.82 Å². The summed E-state index contributed by atoms with van der Waals surface area (Å²) >= 11 is 6.82. The van der Waals surface area contributed by atoms with Gasteiger partial charge in [0.05, 0.1) is 11.6 Å². The Kier molecular flexibility index (Phi) is 4.54. The molecular weight excluding hydrogens is 362 g/mol. The second kappa shape index (κ2) is 6.15. The summed E-state index contributed by atoms with van der Waals surface area (Å²) in [4.78, 5) is 8.34. The molecule has 1 N–H and O–H groups in total. The predicted molar refractivity (Wildman–Crippen MR) is 77.8 cm³/mol. The molecule has 0 atom stereocenters. The fourth-order valence-corrected chi connectivity index (χ4v) is 2.53. The SMILES string of the molecule is COc1cc(CNc2ncc(Br)cc2Br)ccn1. The molecular formula is C12H11Br2N3O. The zero-order valence-electron chi connectivity index (χ0n) is 9.65. The smallest absolute Gasteiger partial charge is 0.213 e.